The highest BCUT2D eigenvalue weighted by molar-refractivity contribution is 6.01. The van der Waals surface area contributed by atoms with Crippen LogP contribution in [0.15, 0.2) is 36.5 Å². The van der Waals surface area contributed by atoms with Crippen molar-refractivity contribution in [1.29, 1.82) is 0 Å². The lowest BCUT2D eigenvalue weighted by molar-refractivity contribution is -0.142. The Labute approximate surface area is 157 Å². The molecule has 0 aliphatic carbocycles. The van der Waals surface area contributed by atoms with Gasteiger partial charge < -0.3 is 15.3 Å². The highest BCUT2D eigenvalue weighted by Crippen LogP contribution is 2.21. The summed E-state index contributed by atoms with van der Waals surface area (Å²) in [5.74, 6) is -2.85. The third-order valence-electron chi connectivity index (χ3n) is 4.89. The lowest BCUT2D eigenvalue weighted by Crippen LogP contribution is -2.46. The number of benzene rings is 1. The number of rotatable bonds is 7. The van der Waals surface area contributed by atoms with Crippen molar-refractivity contribution in [3.05, 3.63) is 42.1 Å². The van der Waals surface area contributed by atoms with Crippen LogP contribution in [-0.2, 0) is 9.59 Å². The monoisotopic (exact) mass is 369 g/mol. The molecule has 2 atom stereocenters. The number of hydrogen-bond acceptors (Lipinski definition) is 4. The van der Waals surface area contributed by atoms with Crippen LogP contribution in [0.25, 0.3) is 10.9 Å². The summed E-state index contributed by atoms with van der Waals surface area (Å²) in [7, 11) is 0. The smallest absolute Gasteiger partial charge is 0.310 e. The Morgan fingerprint density at radius 1 is 1.30 bits per heavy atom. The Morgan fingerprint density at radius 2 is 2.07 bits per heavy atom. The van der Waals surface area contributed by atoms with E-state index in [-0.39, 0.29) is 12.5 Å². The molecule has 2 N–H and O–H groups in total. The van der Waals surface area contributed by atoms with Crippen LogP contribution in [0.5, 0.6) is 0 Å². The summed E-state index contributed by atoms with van der Waals surface area (Å²) in [6, 6.07) is 8.02. The molecule has 0 unspecified atom stereocenters. The Hall–Kier alpha value is -2.96. The number of pyridine rings is 1. The fraction of sp³-hybridized carbons (Fsp3) is 0.400. The molecule has 0 spiro atoms. The summed E-state index contributed by atoms with van der Waals surface area (Å²) < 4.78 is 0. The summed E-state index contributed by atoms with van der Waals surface area (Å²) in [6.07, 6.45) is 4.25. The van der Waals surface area contributed by atoms with Crippen molar-refractivity contribution < 1.29 is 19.5 Å². The van der Waals surface area contributed by atoms with Crippen LogP contribution in [0, 0.1) is 5.92 Å². The van der Waals surface area contributed by atoms with Gasteiger partial charge in [-0.05, 0) is 18.6 Å². The molecule has 0 saturated carbocycles. The molecule has 142 valence electrons. The zero-order valence-electron chi connectivity index (χ0n) is 15.2. The maximum atomic E-state index is 12.6. The molecule has 1 aromatic carbocycles. The van der Waals surface area contributed by atoms with E-state index < -0.39 is 23.8 Å². The molecular formula is C20H23N3O4. The van der Waals surface area contributed by atoms with Gasteiger partial charge in [0, 0.05) is 24.7 Å². The number of aromatic nitrogens is 1. The van der Waals surface area contributed by atoms with Crippen molar-refractivity contribution in [2.45, 2.75) is 32.2 Å². The number of carbonyl (C=O) groups excluding carboxylic acids is 2. The number of carboxylic acid groups (broad SMARTS) is 1. The number of likely N-dealkylation sites (tertiary alicyclic amines) is 1. The minimum Gasteiger partial charge on any atom is -0.481 e. The van der Waals surface area contributed by atoms with E-state index in [0.717, 1.165) is 30.2 Å². The van der Waals surface area contributed by atoms with Gasteiger partial charge in [0.15, 0.2) is 0 Å². The van der Waals surface area contributed by atoms with Crippen molar-refractivity contribution in [3.63, 3.8) is 0 Å². The van der Waals surface area contributed by atoms with E-state index in [0.29, 0.717) is 12.1 Å². The lowest BCUT2D eigenvalue weighted by Gasteiger charge is -2.17. The number of carbonyl (C=O) groups is 3. The molecule has 27 heavy (non-hydrogen) atoms. The molecule has 7 nitrogen and oxygen atoms in total. The Morgan fingerprint density at radius 3 is 2.81 bits per heavy atom. The zero-order chi connectivity index (χ0) is 19.4. The predicted octanol–water partition coefficient (Wildman–Crippen LogP) is 2.07. The number of hydrogen-bond donors (Lipinski definition) is 2. The molecular weight excluding hydrogens is 346 g/mol. The number of aliphatic carboxylic acids is 1. The number of nitrogens with one attached hydrogen (secondary N) is 1. The summed E-state index contributed by atoms with van der Waals surface area (Å²) in [4.78, 5) is 42.6. The van der Waals surface area contributed by atoms with E-state index in [1.807, 2.05) is 24.3 Å². The summed E-state index contributed by atoms with van der Waals surface area (Å²) in [5, 5.41) is 12.9. The third-order valence-corrected chi connectivity index (χ3v) is 4.89. The second-order valence-electron chi connectivity index (χ2n) is 6.80. The van der Waals surface area contributed by atoms with Crippen LogP contribution in [0.1, 0.15) is 36.5 Å². The molecule has 0 radical (unpaired) electrons. The number of para-hydroxylation sites is 1. The third kappa shape index (κ3) is 4.07. The van der Waals surface area contributed by atoms with Crippen LogP contribution < -0.4 is 5.32 Å². The van der Waals surface area contributed by atoms with E-state index in [1.54, 1.807) is 6.07 Å². The molecule has 1 fully saturated rings. The molecule has 1 aliphatic heterocycles. The van der Waals surface area contributed by atoms with Crippen LogP contribution in [0.4, 0.5) is 0 Å². The Balaban J connectivity index is 1.75. The average Bonchev–Trinajstić information content (AvgIpc) is 2.98. The summed E-state index contributed by atoms with van der Waals surface area (Å²) >= 11 is 0. The molecule has 2 aromatic rings. The van der Waals surface area contributed by atoms with Gasteiger partial charge >= 0.3 is 5.97 Å². The molecule has 2 heterocycles. The molecule has 3 rings (SSSR count). The van der Waals surface area contributed by atoms with Crippen molar-refractivity contribution in [2.75, 3.05) is 13.1 Å². The standard InChI is InChI=1S/C20H23N3O4/c1-2-3-6-9-23-12-15(20(26)27)17(19(23)25)22-18(24)14-10-13-7-4-5-8-16(13)21-11-14/h4-5,7-8,10-11,15,17H,2-3,6,9,12H2,1H3,(H,22,24)(H,26,27)/t15-,17-/m1/s1. The van der Waals surface area contributed by atoms with Crippen molar-refractivity contribution in [3.8, 4) is 0 Å². The molecule has 1 aromatic heterocycles. The van der Waals surface area contributed by atoms with Gasteiger partial charge in [0.1, 0.15) is 12.0 Å². The van der Waals surface area contributed by atoms with Crippen LogP contribution >= 0.6 is 0 Å². The maximum absolute atomic E-state index is 12.6. The van der Waals surface area contributed by atoms with Crippen molar-refractivity contribution in [2.24, 2.45) is 5.92 Å². The summed E-state index contributed by atoms with van der Waals surface area (Å²) in [6.45, 7) is 2.70. The molecule has 2 amide bonds. The van der Waals surface area contributed by atoms with Gasteiger partial charge in [-0.3, -0.25) is 19.4 Å². The number of nitrogens with zero attached hydrogens (tertiary/aromatic N) is 2. The number of fused-ring (bicyclic) bond motifs is 1. The second kappa shape index (κ2) is 8.16. The first kappa shape index (κ1) is 18.8. The quantitative estimate of drug-likeness (QED) is 0.728. The minimum atomic E-state index is -1.08. The highest BCUT2D eigenvalue weighted by atomic mass is 16.4. The maximum Gasteiger partial charge on any atom is 0.310 e. The van der Waals surface area contributed by atoms with Gasteiger partial charge in [0.2, 0.25) is 5.91 Å². The SMILES string of the molecule is CCCCCN1C[C@@H](C(=O)O)[C@@H](NC(=O)c2cnc3ccccc3c2)C1=O. The Kier molecular flexibility index (Phi) is 5.69. The number of unbranched alkanes of at least 4 members (excludes halogenated alkanes) is 2. The normalized spacial score (nSPS) is 19.4. The average molecular weight is 369 g/mol. The fourth-order valence-corrected chi connectivity index (χ4v) is 3.36. The highest BCUT2D eigenvalue weighted by Gasteiger charge is 2.45. The second-order valence-corrected chi connectivity index (χ2v) is 6.80. The van der Waals surface area contributed by atoms with E-state index in [1.165, 1.54) is 11.1 Å². The van der Waals surface area contributed by atoms with Crippen LogP contribution in [-0.4, -0.2) is 51.9 Å². The first-order chi connectivity index (χ1) is 13.0. The first-order valence-electron chi connectivity index (χ1n) is 9.18. The van der Waals surface area contributed by atoms with E-state index in [9.17, 15) is 19.5 Å². The lowest BCUT2D eigenvalue weighted by atomic mass is 10.0. The van der Waals surface area contributed by atoms with Gasteiger partial charge in [0.05, 0.1) is 11.1 Å². The first-order valence-corrected chi connectivity index (χ1v) is 9.18. The van der Waals surface area contributed by atoms with Gasteiger partial charge in [0.25, 0.3) is 5.91 Å². The Bertz CT molecular complexity index is 867. The van der Waals surface area contributed by atoms with Crippen LogP contribution in [0.3, 0.4) is 0 Å². The van der Waals surface area contributed by atoms with E-state index in [2.05, 4.69) is 17.2 Å². The number of carboxylic acids is 1. The van der Waals surface area contributed by atoms with Gasteiger partial charge in [-0.15, -0.1) is 0 Å². The molecule has 1 saturated heterocycles. The largest absolute Gasteiger partial charge is 0.481 e. The van der Waals surface area contributed by atoms with Gasteiger partial charge in [-0.25, -0.2) is 0 Å². The van der Waals surface area contributed by atoms with Gasteiger partial charge in [-0.2, -0.15) is 0 Å². The van der Waals surface area contributed by atoms with Crippen molar-refractivity contribution >= 4 is 28.7 Å². The van der Waals surface area contributed by atoms with Gasteiger partial charge in [-0.1, -0.05) is 38.0 Å². The predicted molar refractivity (Wildman–Crippen MR) is 100 cm³/mol. The van der Waals surface area contributed by atoms with Crippen molar-refractivity contribution in [1.82, 2.24) is 15.2 Å². The van der Waals surface area contributed by atoms with E-state index >= 15 is 0 Å². The topological polar surface area (TPSA) is 99.6 Å². The molecule has 7 heteroatoms. The molecule has 1 aliphatic rings. The minimum absolute atomic E-state index is 0.124. The van der Waals surface area contributed by atoms with Crippen LogP contribution in [0.2, 0.25) is 0 Å². The molecule has 0 bridgehead atoms. The fourth-order valence-electron chi connectivity index (χ4n) is 3.36. The summed E-state index contributed by atoms with van der Waals surface area (Å²) in [5.41, 5.74) is 1.06. The number of amides is 2. The zero-order valence-corrected chi connectivity index (χ0v) is 15.2. The van der Waals surface area contributed by atoms with E-state index in [4.69, 9.17) is 0 Å².